The van der Waals surface area contributed by atoms with Gasteiger partial charge in [-0.1, -0.05) is 19.3 Å². The molecule has 3 aliphatic rings. The standard InChI is InChI=1S/C12H21N.2H2S/c1-2-5-11-10(4-1)8-12(9-13-11)6-3-7-12;;/h10-11,13H,1-9H2;2*1H2/t10-,11+;;/m1../s1. The van der Waals surface area contributed by atoms with Gasteiger partial charge in [0.05, 0.1) is 0 Å². The van der Waals surface area contributed by atoms with Gasteiger partial charge in [0, 0.05) is 12.6 Å². The maximum Gasteiger partial charge on any atom is 0.00957 e. The summed E-state index contributed by atoms with van der Waals surface area (Å²) < 4.78 is 0. The van der Waals surface area contributed by atoms with Gasteiger partial charge in [-0.2, -0.15) is 27.0 Å². The second-order valence-electron chi connectivity index (χ2n) is 5.59. The first kappa shape index (κ1) is 13.7. The van der Waals surface area contributed by atoms with E-state index < -0.39 is 0 Å². The van der Waals surface area contributed by atoms with Gasteiger partial charge in [-0.25, -0.2) is 0 Å². The van der Waals surface area contributed by atoms with Gasteiger partial charge in [-0.3, -0.25) is 0 Å². The van der Waals surface area contributed by atoms with E-state index in [9.17, 15) is 0 Å². The predicted octanol–water partition coefficient (Wildman–Crippen LogP) is 2.93. The Morgan fingerprint density at radius 2 is 1.67 bits per heavy atom. The SMILES string of the molecule is C1CC[C@@H]2NCC3(CCC3)C[C@H]2C1.S.S. The Morgan fingerprint density at radius 3 is 2.33 bits per heavy atom. The molecule has 1 N–H and O–H groups in total. The summed E-state index contributed by atoms with van der Waals surface area (Å²) in [5.41, 5.74) is 0.776. The fourth-order valence-electron chi connectivity index (χ4n) is 3.75. The fraction of sp³-hybridized carbons (Fsp3) is 1.00. The Hall–Kier alpha value is 0.660. The zero-order chi connectivity index (χ0) is 8.73. The van der Waals surface area contributed by atoms with Crippen LogP contribution in [-0.4, -0.2) is 12.6 Å². The summed E-state index contributed by atoms with van der Waals surface area (Å²) in [7, 11) is 0. The smallest absolute Gasteiger partial charge is 0.00957 e. The molecular weight excluding hydrogens is 222 g/mol. The van der Waals surface area contributed by atoms with Crippen molar-refractivity contribution in [1.29, 1.82) is 0 Å². The number of piperidine rings is 1. The first-order chi connectivity index (χ1) is 6.38. The molecule has 0 bridgehead atoms. The highest BCUT2D eigenvalue weighted by atomic mass is 32.1. The van der Waals surface area contributed by atoms with Crippen LogP contribution in [-0.2, 0) is 0 Å². The largest absolute Gasteiger partial charge is 0.313 e. The normalized spacial score (nSPS) is 36.8. The Balaban J connectivity index is 0.000000562. The van der Waals surface area contributed by atoms with Gasteiger partial charge in [0.2, 0.25) is 0 Å². The molecule has 2 saturated carbocycles. The maximum atomic E-state index is 3.81. The van der Waals surface area contributed by atoms with Crippen molar-refractivity contribution < 1.29 is 0 Å². The molecule has 0 aromatic heterocycles. The van der Waals surface area contributed by atoms with Crippen molar-refractivity contribution in [3.8, 4) is 0 Å². The van der Waals surface area contributed by atoms with E-state index in [1.54, 1.807) is 6.42 Å². The van der Waals surface area contributed by atoms with Crippen molar-refractivity contribution in [1.82, 2.24) is 5.32 Å². The lowest BCUT2D eigenvalue weighted by Crippen LogP contribution is -2.54. The first-order valence-electron chi connectivity index (χ1n) is 6.11. The van der Waals surface area contributed by atoms with E-state index in [1.165, 1.54) is 51.5 Å². The van der Waals surface area contributed by atoms with Crippen molar-refractivity contribution in [2.45, 2.75) is 57.4 Å². The number of hydrogen-bond donors (Lipinski definition) is 1. The average Bonchev–Trinajstić information content (AvgIpc) is 2.15. The van der Waals surface area contributed by atoms with Crippen molar-refractivity contribution in [2.75, 3.05) is 6.54 Å². The van der Waals surface area contributed by atoms with Gasteiger partial charge in [0.25, 0.3) is 0 Å². The van der Waals surface area contributed by atoms with Crippen molar-refractivity contribution in [3.05, 3.63) is 0 Å². The minimum atomic E-state index is 0. The van der Waals surface area contributed by atoms with Crippen LogP contribution < -0.4 is 5.32 Å². The molecule has 90 valence electrons. The maximum absolute atomic E-state index is 3.81. The molecule has 1 heterocycles. The van der Waals surface area contributed by atoms with Crippen LogP contribution in [0.25, 0.3) is 0 Å². The summed E-state index contributed by atoms with van der Waals surface area (Å²) in [6.07, 6.45) is 12.0. The highest BCUT2D eigenvalue weighted by Gasteiger charge is 2.44. The van der Waals surface area contributed by atoms with E-state index in [1.807, 2.05) is 0 Å². The zero-order valence-electron chi connectivity index (χ0n) is 9.52. The molecule has 1 nitrogen and oxygen atoms in total. The number of hydrogen-bond acceptors (Lipinski definition) is 1. The molecular formula is C12H25NS2. The summed E-state index contributed by atoms with van der Waals surface area (Å²) in [5, 5.41) is 3.81. The van der Waals surface area contributed by atoms with Gasteiger partial charge in [-0.05, 0) is 43.4 Å². The van der Waals surface area contributed by atoms with Gasteiger partial charge in [-0.15, -0.1) is 0 Å². The molecule has 15 heavy (non-hydrogen) atoms. The molecule has 1 aliphatic heterocycles. The van der Waals surface area contributed by atoms with E-state index in [2.05, 4.69) is 5.32 Å². The van der Waals surface area contributed by atoms with Crippen LogP contribution in [0.15, 0.2) is 0 Å². The van der Waals surface area contributed by atoms with Gasteiger partial charge < -0.3 is 5.32 Å². The Morgan fingerprint density at radius 1 is 0.933 bits per heavy atom. The quantitative estimate of drug-likeness (QED) is 0.694. The van der Waals surface area contributed by atoms with Crippen molar-refractivity contribution in [3.63, 3.8) is 0 Å². The van der Waals surface area contributed by atoms with Crippen LogP contribution in [0.2, 0.25) is 0 Å². The number of rotatable bonds is 0. The van der Waals surface area contributed by atoms with Crippen LogP contribution in [0.5, 0.6) is 0 Å². The number of nitrogens with one attached hydrogen (secondary N) is 1. The van der Waals surface area contributed by atoms with Crippen LogP contribution in [0.3, 0.4) is 0 Å². The van der Waals surface area contributed by atoms with Crippen LogP contribution in [0.4, 0.5) is 0 Å². The molecule has 3 heteroatoms. The van der Waals surface area contributed by atoms with E-state index in [4.69, 9.17) is 0 Å². The third kappa shape index (κ3) is 2.50. The van der Waals surface area contributed by atoms with E-state index in [0.29, 0.717) is 0 Å². The van der Waals surface area contributed by atoms with Gasteiger partial charge in [0.1, 0.15) is 0 Å². The predicted molar refractivity (Wildman–Crippen MR) is 75.4 cm³/mol. The molecule has 3 rings (SSSR count). The third-order valence-electron chi connectivity index (χ3n) is 4.76. The minimum absolute atomic E-state index is 0. The van der Waals surface area contributed by atoms with Crippen LogP contribution in [0.1, 0.15) is 51.4 Å². The second-order valence-corrected chi connectivity index (χ2v) is 5.59. The molecule has 0 unspecified atom stereocenters. The van der Waals surface area contributed by atoms with Gasteiger partial charge >= 0.3 is 0 Å². The molecule has 0 aromatic carbocycles. The Bertz CT molecular complexity index is 204. The number of fused-ring (bicyclic) bond motifs is 1. The third-order valence-corrected chi connectivity index (χ3v) is 4.76. The topological polar surface area (TPSA) is 12.0 Å². The van der Waals surface area contributed by atoms with E-state index >= 15 is 0 Å². The molecule has 1 spiro atoms. The lowest BCUT2D eigenvalue weighted by atomic mass is 9.59. The lowest BCUT2D eigenvalue weighted by molar-refractivity contribution is 0.0248. The Kier molecular flexibility index (Phi) is 4.87. The molecule has 2 aliphatic carbocycles. The summed E-state index contributed by atoms with van der Waals surface area (Å²) in [4.78, 5) is 0. The van der Waals surface area contributed by atoms with Crippen LogP contribution in [0, 0.1) is 11.3 Å². The summed E-state index contributed by atoms with van der Waals surface area (Å²) >= 11 is 0. The molecule has 0 amide bonds. The highest BCUT2D eigenvalue weighted by molar-refractivity contribution is 7.59. The molecule has 1 saturated heterocycles. The lowest BCUT2D eigenvalue weighted by Gasteiger charge is -2.52. The van der Waals surface area contributed by atoms with Crippen molar-refractivity contribution in [2.24, 2.45) is 11.3 Å². The zero-order valence-corrected chi connectivity index (χ0v) is 11.5. The van der Waals surface area contributed by atoms with Crippen molar-refractivity contribution >= 4 is 27.0 Å². The molecule has 2 atom stereocenters. The van der Waals surface area contributed by atoms with Gasteiger partial charge in [0.15, 0.2) is 0 Å². The second kappa shape index (κ2) is 5.33. The summed E-state index contributed by atoms with van der Waals surface area (Å²) in [5.74, 6) is 1.04. The summed E-state index contributed by atoms with van der Waals surface area (Å²) in [6.45, 7) is 1.34. The monoisotopic (exact) mass is 247 g/mol. The van der Waals surface area contributed by atoms with E-state index in [0.717, 1.165) is 17.4 Å². The first-order valence-corrected chi connectivity index (χ1v) is 6.11. The average molecular weight is 247 g/mol. The highest BCUT2D eigenvalue weighted by Crippen LogP contribution is 2.50. The van der Waals surface area contributed by atoms with Crippen LogP contribution >= 0.6 is 27.0 Å². The summed E-state index contributed by atoms with van der Waals surface area (Å²) in [6, 6.07) is 0.903. The molecule has 0 aromatic rings. The molecule has 0 radical (unpaired) electrons. The molecule has 3 fully saturated rings. The minimum Gasteiger partial charge on any atom is -0.313 e. The van der Waals surface area contributed by atoms with E-state index in [-0.39, 0.29) is 27.0 Å². The fourth-order valence-corrected chi connectivity index (χ4v) is 3.75. The Labute approximate surface area is 108 Å².